The molecule has 117 heavy (non-hydrogen) atoms. The van der Waals surface area contributed by atoms with Crippen molar-refractivity contribution in [1.82, 2.24) is 0 Å². The van der Waals surface area contributed by atoms with Crippen LogP contribution in [0.4, 0.5) is 140 Å². The minimum Gasteiger partial charge on any atom is -0.469 e. The van der Waals surface area contributed by atoms with Crippen molar-refractivity contribution in [3.05, 3.63) is 35.4 Å². The van der Waals surface area contributed by atoms with Crippen molar-refractivity contribution in [1.29, 1.82) is 0 Å². The summed E-state index contributed by atoms with van der Waals surface area (Å²) in [4.78, 5) is 10.8. The number of carbonyl (C=O) groups excluding carboxylic acids is 1. The molecular formula is C76H114F32O9. The maximum atomic E-state index is 12.7. The van der Waals surface area contributed by atoms with Gasteiger partial charge in [0, 0.05) is 5.56 Å². The van der Waals surface area contributed by atoms with E-state index in [1.807, 2.05) is 69.2 Å². The van der Waals surface area contributed by atoms with Crippen LogP contribution in [0.25, 0.3) is 0 Å². The van der Waals surface area contributed by atoms with Crippen molar-refractivity contribution in [2.24, 2.45) is 100 Å². The second-order valence-corrected chi connectivity index (χ2v) is 32.6. The first-order chi connectivity index (χ1) is 51.6. The van der Waals surface area contributed by atoms with E-state index in [0.29, 0.717) is 100 Å². The van der Waals surface area contributed by atoms with Gasteiger partial charge in [-0.25, -0.2) is 0 Å². The standard InChI is InChI=1S/2C13H18F6O2.C13H18F6O.C13H14F6O.C11H14F6O.C7H14O2.C3H7F.CH3F.2CH4/c2*1-6-7(2)9-3-8(6)4-10(9)21-5-11(20,12(14,15)16)13(17,18)19;1-6-7(2)10-4-8(6)3-9(10)5-11(20,12(14,15)16)13(17,18)19;1-3-8(2)9-4-6-10(7-5-9)11(20,12(14,15)16)13(17,18)19;12-10(13,14)9(18,11(15,16)17)5-8-4-6-1-2-7(8)3-6;1-5-7(2,3)6(8)9-4;1-2-3-4;1-2;;/h2*6-10,20H,3-5H2,1-2H3;6-10,20H,3-5H2,1-2H3;4-8,20H,3H2,1-2H3;6-8,18H,1-5H2;5H2,1-4H3;2-3H2,1H3;1H3;2*1H4. The lowest BCUT2D eigenvalue weighted by Crippen LogP contribution is -2.60. The number of rotatable bonds is 16. The number of benzene rings is 1. The molecule has 19 unspecified atom stereocenters. The average Bonchev–Trinajstić information content (AvgIpc) is 1.71. The number of methoxy groups -OCH3 is 1. The molecule has 19 atom stereocenters. The van der Waals surface area contributed by atoms with Crippen LogP contribution >= 0.6 is 0 Å². The Bertz CT molecular complexity index is 2930. The summed E-state index contributed by atoms with van der Waals surface area (Å²) in [5.41, 5.74) is -24.5. The van der Waals surface area contributed by atoms with E-state index < -0.39 is 145 Å². The van der Waals surface area contributed by atoms with Crippen molar-refractivity contribution in [2.45, 2.75) is 302 Å². The number of aliphatic hydroxyl groups is 5. The van der Waals surface area contributed by atoms with Crippen LogP contribution in [0.15, 0.2) is 24.3 Å². The molecule has 9 nitrogen and oxygen atoms in total. The molecule has 8 bridgehead atoms. The van der Waals surface area contributed by atoms with Crippen molar-refractivity contribution in [2.75, 3.05) is 34.2 Å². The Morgan fingerprint density at radius 1 is 0.419 bits per heavy atom. The summed E-state index contributed by atoms with van der Waals surface area (Å²) in [5.74, 6) is 0.844. The van der Waals surface area contributed by atoms with E-state index in [9.17, 15) is 156 Å². The smallest absolute Gasteiger partial charge is 0.430 e. The molecule has 8 aliphatic rings. The van der Waals surface area contributed by atoms with E-state index in [-0.39, 0.29) is 104 Å². The molecule has 0 saturated heterocycles. The summed E-state index contributed by atoms with van der Waals surface area (Å²) in [5, 5.41) is 45.7. The van der Waals surface area contributed by atoms with Gasteiger partial charge in [0.15, 0.2) is 0 Å². The van der Waals surface area contributed by atoms with Crippen molar-refractivity contribution in [3.8, 4) is 0 Å². The summed E-state index contributed by atoms with van der Waals surface area (Å²) in [6.07, 6.45) is -53.2. The molecule has 8 fully saturated rings. The molecule has 0 heterocycles. The maximum Gasteiger partial charge on any atom is 0.430 e. The first-order valence-corrected chi connectivity index (χ1v) is 37.2. The zero-order valence-corrected chi connectivity index (χ0v) is 65.5. The molecule has 8 saturated carbocycles. The highest BCUT2D eigenvalue weighted by atomic mass is 19.5. The highest BCUT2D eigenvalue weighted by Crippen LogP contribution is 2.62. The quantitative estimate of drug-likeness (QED) is 0.0807. The van der Waals surface area contributed by atoms with Crippen molar-refractivity contribution >= 4 is 5.97 Å². The molecule has 696 valence electrons. The molecule has 0 amide bonds. The monoisotopic (exact) mass is 1780 g/mol. The summed E-state index contributed by atoms with van der Waals surface area (Å²) in [6.45, 7) is 19.2. The fourth-order valence-corrected chi connectivity index (χ4v) is 16.9. The number of hydrogen-bond donors (Lipinski definition) is 5. The normalized spacial score (nSPS) is 28.8. The molecular weight excluding hydrogens is 1660 g/mol. The van der Waals surface area contributed by atoms with Crippen LogP contribution in [-0.4, -0.2) is 162 Å². The first kappa shape index (κ1) is 113. The van der Waals surface area contributed by atoms with Crippen LogP contribution < -0.4 is 0 Å². The second-order valence-electron chi connectivity index (χ2n) is 32.6. The number of halogens is 32. The predicted molar refractivity (Wildman–Crippen MR) is 367 cm³/mol. The van der Waals surface area contributed by atoms with Gasteiger partial charge < -0.3 is 39.7 Å². The third kappa shape index (κ3) is 25.5. The maximum absolute atomic E-state index is 12.7. The number of fused-ring (bicyclic) bond motifs is 8. The van der Waals surface area contributed by atoms with Gasteiger partial charge >= 0.3 is 67.7 Å². The Morgan fingerprint density at radius 2 is 0.726 bits per heavy atom. The lowest BCUT2D eigenvalue weighted by atomic mass is 9.72. The van der Waals surface area contributed by atoms with E-state index in [1.165, 1.54) is 19.2 Å². The SMILES string of the molecule is C.C.CC1C2CC(CC(O)(C(F)(F)F)C(F)(F)F)C(C2)C1C.CC1C2CC(OCC(O)(C(F)(F)F)C(F)(F)F)C(C2)C1C.CC1C2CC(OCC(O)(C(F)(F)F)C(F)(F)F)C(C2)C1C.CCC(C)(C)C(=O)OC.CCC(C)c1ccc(C(O)(C(F)(F)F)C(F)(F)F)cc1.CCCF.CF.OC(CC1CC2CCC1C2)(C(F)(F)F)C(F)(F)F. The van der Waals surface area contributed by atoms with Crippen LogP contribution in [-0.2, 0) is 24.6 Å². The van der Waals surface area contributed by atoms with Gasteiger partial charge in [-0.15, -0.1) is 0 Å². The largest absolute Gasteiger partial charge is 0.469 e. The molecule has 0 aromatic heterocycles. The Kier molecular flexibility index (Phi) is 40.0. The molecule has 0 spiro atoms. The summed E-state index contributed by atoms with van der Waals surface area (Å²) >= 11 is 0. The zero-order chi connectivity index (χ0) is 90.4. The summed E-state index contributed by atoms with van der Waals surface area (Å²) < 4.78 is 412. The number of esters is 1. The Labute approximate surface area is 661 Å². The van der Waals surface area contributed by atoms with E-state index in [4.69, 9.17) is 24.8 Å². The molecule has 5 N–H and O–H groups in total. The summed E-state index contributed by atoms with van der Waals surface area (Å²) in [7, 11) is 1.92. The minimum atomic E-state index is -5.84. The van der Waals surface area contributed by atoms with E-state index >= 15 is 0 Å². The molecule has 1 aromatic carbocycles. The Morgan fingerprint density at radius 3 is 0.949 bits per heavy atom. The van der Waals surface area contributed by atoms with Gasteiger partial charge in [0.1, 0.15) is 0 Å². The minimum absolute atomic E-state index is 0. The molecule has 41 heteroatoms. The zero-order valence-electron chi connectivity index (χ0n) is 65.5. The molecule has 0 radical (unpaired) electrons. The molecule has 0 aliphatic heterocycles. The Hall–Kier alpha value is -3.83. The van der Waals surface area contributed by atoms with Crippen molar-refractivity contribution in [3.63, 3.8) is 0 Å². The lowest BCUT2D eigenvalue weighted by molar-refractivity contribution is -0.381. The Balaban J connectivity index is 0.00000137. The average molecular weight is 1780 g/mol. The third-order valence-electron chi connectivity index (χ3n) is 25.6. The summed E-state index contributed by atoms with van der Waals surface area (Å²) in [6, 6.07) is 3.68. The molecule has 8 aliphatic carbocycles. The lowest BCUT2D eigenvalue weighted by Gasteiger charge is -2.39. The highest BCUT2D eigenvalue weighted by Gasteiger charge is 2.76. The number of carbonyl (C=O) groups is 1. The fourth-order valence-electron chi connectivity index (χ4n) is 16.9. The second kappa shape index (κ2) is 41.3. The third-order valence-corrected chi connectivity index (χ3v) is 25.6. The van der Waals surface area contributed by atoms with Crippen LogP contribution in [0.3, 0.4) is 0 Å². The van der Waals surface area contributed by atoms with Gasteiger partial charge in [-0.05, 0) is 210 Å². The fraction of sp³-hybridized carbons (Fsp3) is 0.908. The molecule has 1 aromatic rings. The predicted octanol–water partition coefficient (Wildman–Crippen LogP) is 24.2. The topological polar surface area (TPSA) is 146 Å². The van der Waals surface area contributed by atoms with Gasteiger partial charge in [0.2, 0.25) is 0 Å². The van der Waals surface area contributed by atoms with E-state index in [0.717, 1.165) is 25.7 Å². The van der Waals surface area contributed by atoms with Gasteiger partial charge in [-0.1, -0.05) is 115 Å². The number of ether oxygens (including phenoxy) is 3. The van der Waals surface area contributed by atoms with Crippen LogP contribution in [0.1, 0.15) is 211 Å². The van der Waals surface area contributed by atoms with Gasteiger partial charge in [0.25, 0.3) is 28.0 Å². The van der Waals surface area contributed by atoms with Gasteiger partial charge in [-0.2, -0.15) is 132 Å². The van der Waals surface area contributed by atoms with Gasteiger partial charge in [0.05, 0.1) is 51.8 Å². The van der Waals surface area contributed by atoms with E-state index in [1.54, 1.807) is 13.8 Å². The molecule has 9 rings (SSSR count). The van der Waals surface area contributed by atoms with E-state index in [2.05, 4.69) is 4.74 Å². The van der Waals surface area contributed by atoms with Crippen LogP contribution in [0, 0.1) is 100 Å². The van der Waals surface area contributed by atoms with Crippen molar-refractivity contribution < 1.29 is 185 Å². The van der Waals surface area contributed by atoms with Gasteiger partial charge in [-0.3, -0.25) is 13.6 Å². The first-order valence-electron chi connectivity index (χ1n) is 37.2. The van der Waals surface area contributed by atoms with Crippen LogP contribution in [0.5, 0.6) is 0 Å². The number of hydrogen-bond acceptors (Lipinski definition) is 9. The highest BCUT2D eigenvalue weighted by molar-refractivity contribution is 5.75. The number of alkyl halides is 32. The van der Waals surface area contributed by atoms with Crippen LogP contribution in [0.2, 0.25) is 0 Å².